The Kier molecular flexibility index (Phi) is 7.15. The Morgan fingerprint density at radius 3 is 2.67 bits per heavy atom. The average molecular weight is 258 g/mol. The van der Waals surface area contributed by atoms with Crippen LogP contribution in [0.15, 0.2) is 0 Å². The van der Waals surface area contributed by atoms with Crippen molar-refractivity contribution in [3.05, 3.63) is 0 Å². The van der Waals surface area contributed by atoms with E-state index in [0.29, 0.717) is 25.1 Å². The van der Waals surface area contributed by atoms with Crippen molar-refractivity contribution in [2.45, 2.75) is 58.3 Å². The Balaban J connectivity index is 2.40. The monoisotopic (exact) mass is 258 g/mol. The lowest BCUT2D eigenvalue weighted by atomic mass is 10.0. The van der Waals surface area contributed by atoms with Gasteiger partial charge in [0, 0.05) is 12.6 Å². The molecule has 18 heavy (non-hydrogen) atoms. The number of nitrogens with zero attached hydrogens (tertiary/aromatic N) is 1. The molecule has 3 atom stereocenters. The average Bonchev–Trinajstić information content (AvgIpc) is 2.81. The first-order valence-corrected chi connectivity index (χ1v) is 7.32. The molecule has 0 radical (unpaired) electrons. The van der Waals surface area contributed by atoms with Gasteiger partial charge in [-0.1, -0.05) is 13.3 Å². The van der Waals surface area contributed by atoms with Gasteiger partial charge in [0.15, 0.2) is 0 Å². The molecular formula is C14H30N2O2. The number of ether oxygens (including phenoxy) is 1. The van der Waals surface area contributed by atoms with E-state index in [-0.39, 0.29) is 6.10 Å². The third-order valence-electron chi connectivity index (χ3n) is 3.86. The summed E-state index contributed by atoms with van der Waals surface area (Å²) in [5, 5.41) is 10.0. The third-order valence-corrected chi connectivity index (χ3v) is 3.86. The maximum Gasteiger partial charge on any atom is 0.0900 e. The molecule has 0 amide bonds. The van der Waals surface area contributed by atoms with E-state index in [0.717, 1.165) is 13.1 Å². The zero-order valence-electron chi connectivity index (χ0n) is 12.1. The van der Waals surface area contributed by atoms with Gasteiger partial charge in [-0.2, -0.15) is 0 Å². The molecule has 1 fully saturated rings. The maximum absolute atomic E-state index is 10.0. The Morgan fingerprint density at radius 1 is 1.39 bits per heavy atom. The summed E-state index contributed by atoms with van der Waals surface area (Å²) < 4.78 is 5.46. The molecule has 0 spiro atoms. The van der Waals surface area contributed by atoms with Crippen LogP contribution in [0.5, 0.6) is 0 Å². The van der Waals surface area contributed by atoms with Gasteiger partial charge in [0.05, 0.1) is 18.8 Å². The Morgan fingerprint density at radius 2 is 2.11 bits per heavy atom. The molecule has 108 valence electrons. The second-order valence-electron chi connectivity index (χ2n) is 5.62. The molecule has 3 unspecified atom stereocenters. The van der Waals surface area contributed by atoms with Crippen molar-refractivity contribution in [2.75, 3.05) is 26.2 Å². The molecule has 1 aliphatic carbocycles. The summed E-state index contributed by atoms with van der Waals surface area (Å²) in [6, 6.07) is 0.550. The number of hydrogen-bond donors (Lipinski definition) is 2. The van der Waals surface area contributed by atoms with Crippen molar-refractivity contribution in [1.82, 2.24) is 4.90 Å². The smallest absolute Gasteiger partial charge is 0.0900 e. The van der Waals surface area contributed by atoms with Crippen molar-refractivity contribution in [3.63, 3.8) is 0 Å². The largest absolute Gasteiger partial charge is 0.389 e. The first-order valence-electron chi connectivity index (χ1n) is 7.32. The van der Waals surface area contributed by atoms with E-state index >= 15 is 0 Å². The van der Waals surface area contributed by atoms with E-state index in [9.17, 15) is 5.11 Å². The van der Waals surface area contributed by atoms with Crippen molar-refractivity contribution in [1.29, 1.82) is 0 Å². The summed E-state index contributed by atoms with van der Waals surface area (Å²) >= 11 is 0. The van der Waals surface area contributed by atoms with Gasteiger partial charge < -0.3 is 15.6 Å². The van der Waals surface area contributed by atoms with E-state index in [2.05, 4.69) is 11.8 Å². The minimum Gasteiger partial charge on any atom is -0.389 e. The SMILES string of the molecule is CCN(CC(O)COC(C)C)C1CCCC1CN. The normalized spacial score (nSPS) is 26.2. The van der Waals surface area contributed by atoms with Crippen LogP contribution in [0.1, 0.15) is 40.0 Å². The van der Waals surface area contributed by atoms with Gasteiger partial charge in [0.1, 0.15) is 0 Å². The first-order chi connectivity index (χ1) is 8.58. The number of nitrogens with two attached hydrogens (primary N) is 1. The van der Waals surface area contributed by atoms with Crippen LogP contribution < -0.4 is 5.73 Å². The fraction of sp³-hybridized carbons (Fsp3) is 1.00. The molecule has 1 rings (SSSR count). The van der Waals surface area contributed by atoms with Gasteiger partial charge in [-0.05, 0) is 45.7 Å². The minimum atomic E-state index is -0.397. The van der Waals surface area contributed by atoms with E-state index in [1.54, 1.807) is 0 Å². The van der Waals surface area contributed by atoms with Crippen molar-refractivity contribution >= 4 is 0 Å². The van der Waals surface area contributed by atoms with Crippen LogP contribution >= 0.6 is 0 Å². The Labute approximate surface area is 111 Å². The molecule has 1 aliphatic rings. The molecule has 0 heterocycles. The van der Waals surface area contributed by atoms with Crippen LogP contribution in [0, 0.1) is 5.92 Å². The highest BCUT2D eigenvalue weighted by Gasteiger charge is 2.31. The van der Waals surface area contributed by atoms with Crippen LogP contribution in [-0.4, -0.2) is 54.5 Å². The van der Waals surface area contributed by atoms with E-state index in [1.165, 1.54) is 19.3 Å². The molecule has 4 heteroatoms. The third kappa shape index (κ3) is 4.84. The van der Waals surface area contributed by atoms with Gasteiger partial charge in [0.2, 0.25) is 0 Å². The number of aliphatic hydroxyl groups excluding tert-OH is 1. The van der Waals surface area contributed by atoms with E-state index in [1.807, 2.05) is 13.8 Å². The molecular weight excluding hydrogens is 228 g/mol. The van der Waals surface area contributed by atoms with Gasteiger partial charge in [0.25, 0.3) is 0 Å². The molecule has 0 aromatic rings. The van der Waals surface area contributed by atoms with Gasteiger partial charge in [-0.3, -0.25) is 4.90 Å². The summed E-state index contributed by atoms with van der Waals surface area (Å²) in [6.45, 7) is 9.00. The predicted octanol–water partition coefficient (Wildman–Crippen LogP) is 1.22. The fourth-order valence-corrected chi connectivity index (χ4v) is 2.90. The molecule has 3 N–H and O–H groups in total. The Bertz CT molecular complexity index is 224. The van der Waals surface area contributed by atoms with Crippen LogP contribution in [0.3, 0.4) is 0 Å². The number of hydrogen-bond acceptors (Lipinski definition) is 4. The standard InChI is InChI=1S/C14H30N2O2/c1-4-16(9-13(17)10-18-11(2)3)14-7-5-6-12(14)8-15/h11-14,17H,4-10,15H2,1-3H3. The van der Waals surface area contributed by atoms with E-state index in [4.69, 9.17) is 10.5 Å². The minimum absolute atomic E-state index is 0.179. The second kappa shape index (κ2) is 8.10. The van der Waals surface area contributed by atoms with Gasteiger partial charge in [-0.15, -0.1) is 0 Å². The Hall–Kier alpha value is -0.160. The predicted molar refractivity (Wildman–Crippen MR) is 74.5 cm³/mol. The molecule has 1 saturated carbocycles. The quantitative estimate of drug-likeness (QED) is 0.687. The van der Waals surface area contributed by atoms with Gasteiger partial charge in [-0.25, -0.2) is 0 Å². The maximum atomic E-state index is 10.0. The molecule has 0 aromatic heterocycles. The molecule has 0 aromatic carbocycles. The highest BCUT2D eigenvalue weighted by atomic mass is 16.5. The molecule has 4 nitrogen and oxygen atoms in total. The lowest BCUT2D eigenvalue weighted by molar-refractivity contribution is -0.0157. The first kappa shape index (κ1) is 15.9. The lowest BCUT2D eigenvalue weighted by Crippen LogP contribution is -2.45. The molecule has 0 saturated heterocycles. The summed E-state index contributed by atoms with van der Waals surface area (Å²) in [6.07, 6.45) is 3.50. The van der Waals surface area contributed by atoms with Gasteiger partial charge >= 0.3 is 0 Å². The highest BCUT2D eigenvalue weighted by molar-refractivity contribution is 4.86. The summed E-state index contributed by atoms with van der Waals surface area (Å²) in [4.78, 5) is 2.37. The van der Waals surface area contributed by atoms with Crippen molar-refractivity contribution in [2.24, 2.45) is 11.7 Å². The fourth-order valence-electron chi connectivity index (χ4n) is 2.90. The van der Waals surface area contributed by atoms with Crippen molar-refractivity contribution in [3.8, 4) is 0 Å². The number of rotatable bonds is 8. The summed E-state index contributed by atoms with van der Waals surface area (Å²) in [5.41, 5.74) is 5.83. The van der Waals surface area contributed by atoms with Crippen LogP contribution in [0.2, 0.25) is 0 Å². The number of likely N-dealkylation sites (N-methyl/N-ethyl adjacent to an activating group) is 1. The summed E-state index contributed by atoms with van der Waals surface area (Å²) in [7, 11) is 0. The lowest BCUT2D eigenvalue weighted by Gasteiger charge is -2.33. The van der Waals surface area contributed by atoms with E-state index < -0.39 is 6.10 Å². The zero-order chi connectivity index (χ0) is 13.5. The molecule has 0 bridgehead atoms. The molecule has 0 aliphatic heterocycles. The topological polar surface area (TPSA) is 58.7 Å². The number of aliphatic hydroxyl groups is 1. The van der Waals surface area contributed by atoms with Crippen molar-refractivity contribution < 1.29 is 9.84 Å². The highest BCUT2D eigenvalue weighted by Crippen LogP contribution is 2.29. The second-order valence-corrected chi connectivity index (χ2v) is 5.62. The van der Waals surface area contributed by atoms with Crippen LogP contribution in [0.4, 0.5) is 0 Å². The van der Waals surface area contributed by atoms with Crippen LogP contribution in [0.25, 0.3) is 0 Å². The summed E-state index contributed by atoms with van der Waals surface area (Å²) in [5.74, 6) is 0.600. The van der Waals surface area contributed by atoms with Crippen LogP contribution in [-0.2, 0) is 4.74 Å². The zero-order valence-corrected chi connectivity index (χ0v) is 12.1.